The molecule has 0 saturated heterocycles. The summed E-state index contributed by atoms with van der Waals surface area (Å²) in [6.45, 7) is 0. The minimum absolute atomic E-state index is 0. The zero-order chi connectivity index (χ0) is 11.0. The molecule has 0 amide bonds. The van der Waals surface area contributed by atoms with E-state index in [1.54, 1.807) is 6.07 Å². The second-order valence-corrected chi connectivity index (χ2v) is 2.51. The first kappa shape index (κ1) is 14.4. The van der Waals surface area contributed by atoms with Crippen molar-refractivity contribution < 1.29 is 26.3 Å². The van der Waals surface area contributed by atoms with Crippen molar-refractivity contribution >= 4 is 19.8 Å². The molecule has 1 aromatic rings. The van der Waals surface area contributed by atoms with E-state index < -0.39 is 23.5 Å². The molecule has 0 heterocycles. The fraction of sp³-hybridized carbons (Fsp3) is 0.250. The average molecular weight is 286 g/mol. The Balaban J connectivity index is 0.00000196. The van der Waals surface area contributed by atoms with Crippen molar-refractivity contribution in [2.24, 2.45) is 0 Å². The minimum atomic E-state index is -4.78. The van der Waals surface area contributed by atoms with Gasteiger partial charge in [0.25, 0.3) is 0 Å². The molecular formula is C8H6F6Ga. The Morgan fingerprint density at radius 2 is 1.13 bits per heavy atom. The van der Waals surface area contributed by atoms with Crippen LogP contribution in [-0.4, -0.2) is 19.8 Å². The maximum absolute atomic E-state index is 12.0. The normalized spacial score (nSPS) is 12.1. The van der Waals surface area contributed by atoms with E-state index in [2.05, 4.69) is 0 Å². The molecule has 0 N–H and O–H groups in total. The zero-order valence-electron chi connectivity index (χ0n) is 6.50. The zero-order valence-corrected chi connectivity index (χ0v) is 6.50. The van der Waals surface area contributed by atoms with E-state index in [1.165, 1.54) is 0 Å². The van der Waals surface area contributed by atoms with Crippen LogP contribution in [0.3, 0.4) is 0 Å². The maximum atomic E-state index is 12.0. The van der Waals surface area contributed by atoms with Crippen molar-refractivity contribution in [2.75, 3.05) is 0 Å². The molecule has 0 bridgehead atoms. The van der Waals surface area contributed by atoms with Gasteiger partial charge < -0.3 is 0 Å². The summed E-state index contributed by atoms with van der Waals surface area (Å²) >= 11 is 0. The first-order chi connectivity index (χ1) is 6.21. The van der Waals surface area contributed by atoms with Gasteiger partial charge in [0.1, 0.15) is 0 Å². The second-order valence-electron chi connectivity index (χ2n) is 2.51. The molecule has 0 aromatic heterocycles. The molecule has 1 aromatic carbocycles. The molecule has 0 fully saturated rings. The standard InChI is InChI=1S/C8H3F6.Ga.3H/c9-7(10,11)5-2-1-3-6(4-5)8(12,13)14;;;;/h2-4H;;;;. The Kier molecular flexibility index (Phi) is 4.35. The molecule has 1 radical (unpaired) electrons. The molecule has 1 rings (SSSR count). The summed E-state index contributed by atoms with van der Waals surface area (Å²) in [5.74, 6) is 0. The first-order valence-corrected chi connectivity index (χ1v) is 3.37. The van der Waals surface area contributed by atoms with Gasteiger partial charge in [-0.1, -0.05) is 0 Å². The fourth-order valence-electron chi connectivity index (χ4n) is 0.799. The molecule has 0 spiro atoms. The summed E-state index contributed by atoms with van der Waals surface area (Å²) in [5.41, 5.74) is -2.71. The SMILES string of the molecule is FC(F)(F)c1c[c]cc(C(F)(F)F)c1.[GaH3]. The molecule has 0 nitrogen and oxygen atoms in total. The number of benzene rings is 1. The van der Waals surface area contributed by atoms with Crippen molar-refractivity contribution in [3.63, 3.8) is 0 Å². The van der Waals surface area contributed by atoms with Gasteiger partial charge in [-0.2, -0.15) is 26.3 Å². The van der Waals surface area contributed by atoms with E-state index in [0.29, 0.717) is 12.1 Å². The van der Waals surface area contributed by atoms with Crippen LogP contribution in [0.15, 0.2) is 18.2 Å². The molecule has 7 heteroatoms. The molecule has 0 aliphatic carbocycles. The van der Waals surface area contributed by atoms with E-state index in [1.807, 2.05) is 0 Å². The van der Waals surface area contributed by atoms with Crippen LogP contribution in [0, 0.1) is 6.07 Å². The van der Waals surface area contributed by atoms with Gasteiger partial charge in [0, 0.05) is 0 Å². The quantitative estimate of drug-likeness (QED) is 0.507. The van der Waals surface area contributed by atoms with Gasteiger partial charge in [0.15, 0.2) is 0 Å². The van der Waals surface area contributed by atoms with E-state index in [4.69, 9.17) is 0 Å². The van der Waals surface area contributed by atoms with Crippen molar-refractivity contribution in [1.82, 2.24) is 0 Å². The van der Waals surface area contributed by atoms with Crippen LogP contribution in [0.25, 0.3) is 0 Å². The van der Waals surface area contributed by atoms with E-state index in [9.17, 15) is 26.3 Å². The number of hydrogen-bond donors (Lipinski definition) is 0. The van der Waals surface area contributed by atoms with Crippen LogP contribution >= 0.6 is 0 Å². The predicted molar refractivity (Wildman–Crippen MR) is 45.2 cm³/mol. The van der Waals surface area contributed by atoms with Crippen molar-refractivity contribution in [1.29, 1.82) is 0 Å². The van der Waals surface area contributed by atoms with Gasteiger partial charge in [0.05, 0.1) is 11.1 Å². The van der Waals surface area contributed by atoms with Crippen LogP contribution in [0.1, 0.15) is 11.1 Å². The first-order valence-electron chi connectivity index (χ1n) is 3.37. The summed E-state index contributed by atoms with van der Waals surface area (Å²) in [7, 11) is 0. The van der Waals surface area contributed by atoms with Crippen LogP contribution < -0.4 is 0 Å². The molecule has 0 aliphatic rings. The average Bonchev–Trinajstić information content (AvgIpc) is 2.01. The number of rotatable bonds is 0. The molecular weight excluding hydrogens is 280 g/mol. The van der Waals surface area contributed by atoms with Gasteiger partial charge >= 0.3 is 32.1 Å². The number of hydrogen-bond acceptors (Lipinski definition) is 0. The molecule has 83 valence electrons. The monoisotopic (exact) mass is 285 g/mol. The van der Waals surface area contributed by atoms with E-state index in [-0.39, 0.29) is 25.9 Å². The fourth-order valence-corrected chi connectivity index (χ4v) is 0.799. The van der Waals surface area contributed by atoms with Crippen molar-refractivity contribution in [3.05, 3.63) is 35.4 Å². The van der Waals surface area contributed by atoms with Gasteiger partial charge in [-0.3, -0.25) is 0 Å². The summed E-state index contributed by atoms with van der Waals surface area (Å²) in [4.78, 5) is 0. The molecule has 0 saturated carbocycles. The summed E-state index contributed by atoms with van der Waals surface area (Å²) < 4.78 is 71.8. The van der Waals surface area contributed by atoms with Crippen molar-refractivity contribution in [3.8, 4) is 0 Å². The molecule has 0 unspecified atom stereocenters. The van der Waals surface area contributed by atoms with Crippen LogP contribution in [0.2, 0.25) is 0 Å². The second kappa shape index (κ2) is 4.52. The third-order valence-electron chi connectivity index (χ3n) is 1.44. The molecule has 0 atom stereocenters. The van der Waals surface area contributed by atoms with Crippen molar-refractivity contribution in [2.45, 2.75) is 12.4 Å². The van der Waals surface area contributed by atoms with Gasteiger partial charge in [-0.25, -0.2) is 0 Å². The van der Waals surface area contributed by atoms with Crippen LogP contribution in [0.5, 0.6) is 0 Å². The van der Waals surface area contributed by atoms with E-state index >= 15 is 0 Å². The third-order valence-corrected chi connectivity index (χ3v) is 1.44. The number of halogens is 6. The summed E-state index contributed by atoms with van der Waals surface area (Å²) in [6.07, 6.45) is -9.56. The topological polar surface area (TPSA) is 0 Å². The third kappa shape index (κ3) is 3.82. The van der Waals surface area contributed by atoms with E-state index in [0.717, 1.165) is 0 Å². The summed E-state index contributed by atoms with van der Waals surface area (Å²) in [5, 5.41) is 0. The number of alkyl halides is 6. The summed E-state index contributed by atoms with van der Waals surface area (Å²) in [6, 6.07) is 2.79. The Bertz CT molecular complexity index is 297. The molecule has 0 aliphatic heterocycles. The molecule has 15 heavy (non-hydrogen) atoms. The Morgan fingerprint density at radius 3 is 1.40 bits per heavy atom. The van der Waals surface area contributed by atoms with Gasteiger partial charge in [0.2, 0.25) is 0 Å². The Labute approximate surface area is 94.3 Å². The van der Waals surface area contributed by atoms with Crippen LogP contribution in [0.4, 0.5) is 26.3 Å². The van der Waals surface area contributed by atoms with Crippen LogP contribution in [-0.2, 0) is 12.4 Å². The van der Waals surface area contributed by atoms with Gasteiger partial charge in [-0.05, 0) is 24.3 Å². The Hall–Kier alpha value is -0.564. The predicted octanol–water partition coefficient (Wildman–Crippen LogP) is 2.34. The Morgan fingerprint density at radius 1 is 0.800 bits per heavy atom. The van der Waals surface area contributed by atoms with Gasteiger partial charge in [-0.15, -0.1) is 0 Å².